The molecule has 1 fully saturated rings. The average molecular weight is 454 g/mol. The van der Waals surface area contributed by atoms with Crippen LogP contribution in [0.1, 0.15) is 52.8 Å². The number of benzene rings is 1. The summed E-state index contributed by atoms with van der Waals surface area (Å²) in [6.45, 7) is 0. The molecule has 3 amide bonds. The number of Topliss-reactive ketones (excluding diaryl/α,β-unsaturated/α-hetero) is 2. The second-order valence-corrected chi connectivity index (χ2v) is 7.03. The lowest BCUT2D eigenvalue weighted by Gasteiger charge is -2.26. The number of halogens is 1. The van der Waals surface area contributed by atoms with E-state index in [4.69, 9.17) is 0 Å². The average Bonchev–Trinajstić information content (AvgIpc) is 2.78. The molecule has 1 aliphatic carbocycles. The van der Waals surface area contributed by atoms with Gasteiger partial charge in [-0.1, -0.05) is 0 Å². The predicted molar refractivity (Wildman–Crippen MR) is 96.9 cm³/mol. The lowest BCUT2D eigenvalue weighted by atomic mass is 9.94. The summed E-state index contributed by atoms with van der Waals surface area (Å²) in [5.41, 5.74) is 0.770. The van der Waals surface area contributed by atoms with Gasteiger partial charge in [0.1, 0.15) is 5.78 Å². The van der Waals surface area contributed by atoms with E-state index >= 15 is 0 Å². The van der Waals surface area contributed by atoms with Crippen molar-refractivity contribution >= 4 is 55.6 Å². The van der Waals surface area contributed by atoms with Crippen LogP contribution in [-0.4, -0.2) is 38.2 Å². The highest BCUT2D eigenvalue weighted by Gasteiger charge is 2.42. The summed E-state index contributed by atoms with van der Waals surface area (Å²) >= 11 is 1.57. The van der Waals surface area contributed by atoms with E-state index in [-0.39, 0.29) is 45.9 Å². The Bertz CT molecular complexity index is 804. The first-order valence-corrected chi connectivity index (χ1v) is 8.99. The number of ketones is 2. The van der Waals surface area contributed by atoms with E-state index in [0.717, 1.165) is 4.90 Å². The molecule has 8 heteroatoms. The highest BCUT2D eigenvalue weighted by Crippen LogP contribution is 2.30. The van der Waals surface area contributed by atoms with Crippen LogP contribution in [-0.2, 0) is 9.59 Å². The Hall–Kier alpha value is -2.10. The summed E-state index contributed by atoms with van der Waals surface area (Å²) in [6, 6.07) is 3.54. The summed E-state index contributed by atoms with van der Waals surface area (Å²) in [4.78, 5) is 61.6. The Kier molecular flexibility index (Phi) is 4.98. The minimum Gasteiger partial charge on any atom is -0.317 e. The molecule has 25 heavy (non-hydrogen) atoms. The Morgan fingerprint density at radius 1 is 1.04 bits per heavy atom. The summed E-state index contributed by atoms with van der Waals surface area (Å²) in [5.74, 6) is -1.24. The number of hydrogen-bond acceptors (Lipinski definition) is 5. The minimum absolute atomic E-state index is 0.0427. The maximum absolute atomic E-state index is 12.7. The van der Waals surface area contributed by atoms with Crippen LogP contribution in [0.15, 0.2) is 18.2 Å². The van der Waals surface area contributed by atoms with Crippen LogP contribution in [0.2, 0.25) is 0 Å². The number of hydrogen-bond donors (Lipinski definition) is 1. The topological polar surface area (TPSA) is 101 Å². The molecule has 1 aliphatic heterocycles. The van der Waals surface area contributed by atoms with Gasteiger partial charge in [-0.3, -0.25) is 28.9 Å². The molecule has 1 heterocycles. The fourth-order valence-electron chi connectivity index (χ4n) is 3.22. The van der Waals surface area contributed by atoms with Gasteiger partial charge >= 0.3 is 0 Å². The molecule has 0 saturated heterocycles. The summed E-state index contributed by atoms with van der Waals surface area (Å²) < 4.78 is -0.320. The van der Waals surface area contributed by atoms with Gasteiger partial charge in [0.25, 0.3) is 15.7 Å². The number of fused-ring (bicyclic) bond motifs is 1. The molecule has 1 aromatic rings. The van der Waals surface area contributed by atoms with Crippen LogP contribution >= 0.6 is 22.6 Å². The largest absolute Gasteiger partial charge is 0.317 e. The highest BCUT2D eigenvalue weighted by molar-refractivity contribution is 14.1. The van der Waals surface area contributed by atoms with Crippen LogP contribution in [0.3, 0.4) is 0 Å². The van der Waals surface area contributed by atoms with Gasteiger partial charge in [0, 0.05) is 47.5 Å². The number of anilines is 1. The first kappa shape index (κ1) is 17.7. The third kappa shape index (κ3) is 3.48. The third-order valence-corrected chi connectivity index (χ3v) is 4.69. The van der Waals surface area contributed by atoms with E-state index in [1.807, 2.05) is 0 Å². The van der Waals surface area contributed by atoms with E-state index in [2.05, 4.69) is 5.32 Å². The van der Waals surface area contributed by atoms with Crippen molar-refractivity contribution in [1.82, 2.24) is 4.90 Å². The van der Waals surface area contributed by atoms with E-state index in [0.29, 0.717) is 18.5 Å². The molecule has 0 radical (unpaired) electrons. The highest BCUT2D eigenvalue weighted by atomic mass is 127. The lowest BCUT2D eigenvalue weighted by Crippen LogP contribution is -2.45. The number of carbonyl (C=O) groups excluding carboxylic acids is 5. The Labute approximate surface area is 157 Å². The van der Waals surface area contributed by atoms with Crippen LogP contribution in [0, 0.1) is 0 Å². The summed E-state index contributed by atoms with van der Waals surface area (Å²) in [7, 11) is 0. The molecule has 0 aromatic heterocycles. The smallest absolute Gasteiger partial charge is 0.284 e. The SMILES string of the molecule is O=C1CCCC(=O)C(N2C(=O)c3ccc(NC(=O)I)cc3C2=O)CC1. The normalized spacial score (nSPS) is 21.0. The molecule has 1 unspecified atom stereocenters. The van der Waals surface area contributed by atoms with E-state index in [1.165, 1.54) is 18.2 Å². The van der Waals surface area contributed by atoms with Crippen molar-refractivity contribution in [2.24, 2.45) is 0 Å². The van der Waals surface area contributed by atoms with E-state index in [1.54, 1.807) is 22.6 Å². The van der Waals surface area contributed by atoms with Gasteiger partial charge in [-0.15, -0.1) is 0 Å². The fraction of sp³-hybridized carbons (Fsp3) is 0.353. The summed E-state index contributed by atoms with van der Waals surface area (Å²) in [6.07, 6.45) is 1.34. The van der Waals surface area contributed by atoms with Gasteiger partial charge < -0.3 is 5.32 Å². The van der Waals surface area contributed by atoms with Crippen molar-refractivity contribution in [1.29, 1.82) is 0 Å². The molecule has 0 bridgehead atoms. The van der Waals surface area contributed by atoms with Gasteiger partial charge in [0.2, 0.25) is 0 Å². The fourth-order valence-corrected chi connectivity index (χ4v) is 3.53. The Balaban J connectivity index is 1.91. The molecule has 3 rings (SSSR count). The van der Waals surface area contributed by atoms with Crippen LogP contribution in [0.4, 0.5) is 10.5 Å². The molecule has 1 saturated carbocycles. The zero-order valence-electron chi connectivity index (χ0n) is 13.2. The van der Waals surface area contributed by atoms with Crippen LogP contribution in [0.5, 0.6) is 0 Å². The predicted octanol–water partition coefficient (Wildman–Crippen LogP) is 2.72. The molecule has 1 atom stereocenters. The van der Waals surface area contributed by atoms with Crippen molar-refractivity contribution in [3.05, 3.63) is 29.3 Å². The van der Waals surface area contributed by atoms with Gasteiger partial charge in [0.05, 0.1) is 17.2 Å². The van der Waals surface area contributed by atoms with Gasteiger partial charge in [-0.25, -0.2) is 0 Å². The number of amides is 3. The monoisotopic (exact) mass is 454 g/mol. The standard InChI is InChI=1S/C17H15IN2O5/c18-17(25)19-9-4-6-11-12(8-9)16(24)20(15(11)23)13-7-5-10(21)2-1-3-14(13)22/h4,6,8,13H,1-3,5,7H2,(H,19,25). The van der Waals surface area contributed by atoms with Crippen molar-refractivity contribution in [2.75, 3.05) is 5.32 Å². The molecule has 2 aliphatic rings. The van der Waals surface area contributed by atoms with Crippen molar-refractivity contribution in [2.45, 2.75) is 38.1 Å². The molecule has 0 spiro atoms. The number of imide groups is 1. The number of carbonyl (C=O) groups is 5. The van der Waals surface area contributed by atoms with Crippen molar-refractivity contribution in [3.8, 4) is 0 Å². The molecule has 130 valence electrons. The van der Waals surface area contributed by atoms with E-state index in [9.17, 15) is 24.0 Å². The molecule has 1 aromatic carbocycles. The number of nitrogens with zero attached hydrogens (tertiary/aromatic N) is 1. The minimum atomic E-state index is -0.903. The van der Waals surface area contributed by atoms with Crippen molar-refractivity contribution in [3.63, 3.8) is 0 Å². The number of nitrogens with one attached hydrogen (secondary N) is 1. The molecular formula is C17H15IN2O5. The Morgan fingerprint density at radius 3 is 2.48 bits per heavy atom. The maximum atomic E-state index is 12.7. The molecule has 7 nitrogen and oxygen atoms in total. The van der Waals surface area contributed by atoms with Gasteiger partial charge in [0.15, 0.2) is 5.78 Å². The van der Waals surface area contributed by atoms with Gasteiger partial charge in [-0.2, -0.15) is 0 Å². The van der Waals surface area contributed by atoms with Crippen LogP contribution in [0.25, 0.3) is 0 Å². The van der Waals surface area contributed by atoms with Crippen LogP contribution < -0.4 is 5.32 Å². The summed E-state index contributed by atoms with van der Waals surface area (Å²) in [5, 5.41) is 2.55. The van der Waals surface area contributed by atoms with Gasteiger partial charge in [-0.05, 0) is 31.0 Å². The quantitative estimate of drug-likeness (QED) is 0.321. The van der Waals surface area contributed by atoms with Crippen molar-refractivity contribution < 1.29 is 24.0 Å². The Morgan fingerprint density at radius 2 is 1.76 bits per heavy atom. The first-order valence-electron chi connectivity index (χ1n) is 7.91. The number of rotatable bonds is 2. The zero-order valence-corrected chi connectivity index (χ0v) is 15.4. The second-order valence-electron chi connectivity index (χ2n) is 6.05. The third-order valence-electron chi connectivity index (χ3n) is 4.42. The zero-order chi connectivity index (χ0) is 18.1. The second kappa shape index (κ2) is 7.03. The molecule has 1 N–H and O–H groups in total. The first-order chi connectivity index (χ1) is 11.9. The van der Waals surface area contributed by atoms with E-state index < -0.39 is 17.9 Å². The maximum Gasteiger partial charge on any atom is 0.284 e. The molecular weight excluding hydrogens is 439 g/mol. The lowest BCUT2D eigenvalue weighted by molar-refractivity contribution is -0.125.